The summed E-state index contributed by atoms with van der Waals surface area (Å²) in [5.74, 6) is 0. The Labute approximate surface area is 46.1 Å². The number of hydrogen-bond donors (Lipinski definition) is 1. The molecule has 0 saturated carbocycles. The largest absolute Gasteiger partial charge is 0.391 e. The van der Waals surface area contributed by atoms with Crippen LogP contribution < -0.4 is 0 Å². The predicted molar refractivity (Wildman–Crippen MR) is 23.6 cm³/mol. The topological polar surface area (TPSA) is 29.5 Å². The molecular formula is C4H8F2O2. The van der Waals surface area contributed by atoms with Crippen molar-refractivity contribution in [3.8, 4) is 0 Å². The molecule has 8 heavy (non-hydrogen) atoms. The lowest BCUT2D eigenvalue weighted by Gasteiger charge is -2.02. The molecule has 50 valence electrons. The Morgan fingerprint density at radius 1 is 1.62 bits per heavy atom. The van der Waals surface area contributed by atoms with Crippen LogP contribution in [0.2, 0.25) is 0 Å². The smallest absolute Gasteiger partial charge is 0.345 e. The minimum atomic E-state index is -2.77. The minimum absolute atomic E-state index is 0.308. The second-order valence-electron chi connectivity index (χ2n) is 1.44. The SMILES string of the molecule is CC(O)COC(F)F. The second kappa shape index (κ2) is 3.74. The highest BCUT2D eigenvalue weighted by Crippen LogP contribution is 1.94. The minimum Gasteiger partial charge on any atom is -0.391 e. The van der Waals surface area contributed by atoms with E-state index < -0.39 is 12.7 Å². The average Bonchev–Trinajstić information content (AvgIpc) is 1.61. The van der Waals surface area contributed by atoms with Crippen molar-refractivity contribution in [2.24, 2.45) is 0 Å². The standard InChI is InChI=1S/C4H8F2O2/c1-3(7)2-8-4(5)6/h3-4,7H,2H2,1H3. The average molecular weight is 126 g/mol. The summed E-state index contributed by atoms with van der Waals surface area (Å²) in [5.41, 5.74) is 0. The molecule has 0 saturated heterocycles. The predicted octanol–water partition coefficient (Wildman–Crippen LogP) is 0.606. The van der Waals surface area contributed by atoms with Crippen LogP contribution in [0.15, 0.2) is 0 Å². The zero-order chi connectivity index (χ0) is 6.57. The third-order valence-electron chi connectivity index (χ3n) is 0.463. The maximum absolute atomic E-state index is 11.1. The van der Waals surface area contributed by atoms with Crippen molar-refractivity contribution in [3.63, 3.8) is 0 Å². The molecule has 2 nitrogen and oxygen atoms in total. The van der Waals surface area contributed by atoms with Crippen molar-refractivity contribution < 1.29 is 18.6 Å². The molecule has 0 aliphatic rings. The van der Waals surface area contributed by atoms with Crippen LogP contribution in [-0.2, 0) is 4.74 Å². The van der Waals surface area contributed by atoms with Gasteiger partial charge >= 0.3 is 6.61 Å². The Hall–Kier alpha value is -0.220. The Balaban J connectivity index is 2.93. The summed E-state index contributed by atoms with van der Waals surface area (Å²) in [6.45, 7) is -1.70. The van der Waals surface area contributed by atoms with Crippen LogP contribution in [0, 0.1) is 0 Å². The third-order valence-corrected chi connectivity index (χ3v) is 0.463. The monoisotopic (exact) mass is 126 g/mol. The Morgan fingerprint density at radius 3 is 2.25 bits per heavy atom. The highest BCUT2D eigenvalue weighted by molar-refractivity contribution is 4.38. The summed E-state index contributed by atoms with van der Waals surface area (Å²) in [4.78, 5) is 0. The van der Waals surface area contributed by atoms with Crippen LogP contribution in [0.3, 0.4) is 0 Å². The van der Waals surface area contributed by atoms with Gasteiger partial charge in [-0.2, -0.15) is 8.78 Å². The van der Waals surface area contributed by atoms with Crippen LogP contribution in [-0.4, -0.2) is 24.4 Å². The van der Waals surface area contributed by atoms with Gasteiger partial charge in [-0.25, -0.2) is 0 Å². The van der Waals surface area contributed by atoms with Crippen molar-refractivity contribution >= 4 is 0 Å². The van der Waals surface area contributed by atoms with Gasteiger partial charge in [0.1, 0.15) is 0 Å². The zero-order valence-electron chi connectivity index (χ0n) is 4.47. The van der Waals surface area contributed by atoms with Crippen LogP contribution >= 0.6 is 0 Å². The van der Waals surface area contributed by atoms with Crippen molar-refractivity contribution in [1.82, 2.24) is 0 Å². The zero-order valence-corrected chi connectivity index (χ0v) is 4.47. The van der Waals surface area contributed by atoms with Gasteiger partial charge in [0.05, 0.1) is 12.7 Å². The van der Waals surface area contributed by atoms with E-state index in [4.69, 9.17) is 5.11 Å². The van der Waals surface area contributed by atoms with Gasteiger partial charge in [-0.05, 0) is 6.92 Å². The molecule has 0 aromatic rings. The van der Waals surface area contributed by atoms with Crippen LogP contribution in [0.1, 0.15) is 6.92 Å². The molecule has 0 amide bonds. The van der Waals surface area contributed by atoms with Crippen LogP contribution in [0.4, 0.5) is 8.78 Å². The summed E-state index contributed by atoms with van der Waals surface area (Å²) in [6, 6.07) is 0. The maximum Gasteiger partial charge on any atom is 0.345 e. The fourth-order valence-electron chi connectivity index (χ4n) is 0.212. The van der Waals surface area contributed by atoms with Crippen molar-refractivity contribution in [1.29, 1.82) is 0 Å². The molecule has 0 fully saturated rings. The lowest BCUT2D eigenvalue weighted by Crippen LogP contribution is -2.12. The first kappa shape index (κ1) is 7.78. The first-order chi connectivity index (χ1) is 3.63. The first-order valence-corrected chi connectivity index (χ1v) is 2.20. The fraction of sp³-hybridized carbons (Fsp3) is 1.00. The molecule has 0 aromatic carbocycles. The molecule has 1 unspecified atom stereocenters. The van der Waals surface area contributed by atoms with Gasteiger partial charge in [-0.3, -0.25) is 0 Å². The maximum atomic E-state index is 11.1. The third kappa shape index (κ3) is 5.78. The second-order valence-corrected chi connectivity index (χ2v) is 1.44. The lowest BCUT2D eigenvalue weighted by atomic mass is 10.5. The van der Waals surface area contributed by atoms with E-state index in [1.807, 2.05) is 0 Å². The van der Waals surface area contributed by atoms with Gasteiger partial charge < -0.3 is 9.84 Å². The molecule has 0 aromatic heterocycles. The number of rotatable bonds is 3. The van der Waals surface area contributed by atoms with Crippen LogP contribution in [0.25, 0.3) is 0 Å². The molecule has 1 N–H and O–H groups in total. The van der Waals surface area contributed by atoms with Gasteiger partial charge in [0.15, 0.2) is 0 Å². The van der Waals surface area contributed by atoms with Crippen molar-refractivity contribution in [2.45, 2.75) is 19.6 Å². The van der Waals surface area contributed by atoms with Gasteiger partial charge in [-0.1, -0.05) is 0 Å². The van der Waals surface area contributed by atoms with Gasteiger partial charge in [0.25, 0.3) is 0 Å². The van der Waals surface area contributed by atoms with E-state index in [-0.39, 0.29) is 6.61 Å². The molecule has 0 bridgehead atoms. The number of hydrogen-bond acceptors (Lipinski definition) is 2. The summed E-state index contributed by atoms with van der Waals surface area (Å²) >= 11 is 0. The number of aliphatic hydroxyl groups is 1. The van der Waals surface area contributed by atoms with E-state index in [1.54, 1.807) is 0 Å². The van der Waals surface area contributed by atoms with Crippen LogP contribution in [0.5, 0.6) is 0 Å². The highest BCUT2D eigenvalue weighted by Gasteiger charge is 2.02. The first-order valence-electron chi connectivity index (χ1n) is 2.20. The Kier molecular flexibility index (Phi) is 3.64. The van der Waals surface area contributed by atoms with E-state index in [9.17, 15) is 8.78 Å². The summed E-state index contributed by atoms with van der Waals surface area (Å²) in [6.07, 6.45) is -0.816. The highest BCUT2D eigenvalue weighted by atomic mass is 19.3. The molecule has 0 heterocycles. The Morgan fingerprint density at radius 2 is 2.12 bits per heavy atom. The number of halogens is 2. The van der Waals surface area contributed by atoms with E-state index in [1.165, 1.54) is 6.92 Å². The fourth-order valence-corrected chi connectivity index (χ4v) is 0.212. The number of aliphatic hydroxyl groups excluding tert-OH is 1. The van der Waals surface area contributed by atoms with Crippen molar-refractivity contribution in [2.75, 3.05) is 6.61 Å². The number of ether oxygens (including phenoxy) is 1. The van der Waals surface area contributed by atoms with E-state index in [2.05, 4.69) is 4.74 Å². The number of alkyl halides is 2. The van der Waals surface area contributed by atoms with Gasteiger partial charge in [-0.15, -0.1) is 0 Å². The van der Waals surface area contributed by atoms with E-state index >= 15 is 0 Å². The molecule has 0 radical (unpaired) electrons. The molecule has 0 aliphatic carbocycles. The normalized spacial score (nSPS) is 14.6. The molecule has 0 spiro atoms. The van der Waals surface area contributed by atoms with E-state index in [0.717, 1.165) is 0 Å². The van der Waals surface area contributed by atoms with Crippen molar-refractivity contribution in [3.05, 3.63) is 0 Å². The summed E-state index contributed by atoms with van der Waals surface area (Å²) in [7, 11) is 0. The molecule has 4 heteroatoms. The quantitative estimate of drug-likeness (QED) is 0.600. The molecular weight excluding hydrogens is 118 g/mol. The lowest BCUT2D eigenvalue weighted by molar-refractivity contribution is -0.145. The van der Waals surface area contributed by atoms with Gasteiger partial charge in [0.2, 0.25) is 0 Å². The van der Waals surface area contributed by atoms with E-state index in [0.29, 0.717) is 0 Å². The molecule has 0 rings (SSSR count). The Bertz CT molecular complexity index is 48.0. The molecule has 1 atom stereocenters. The molecule has 0 aliphatic heterocycles. The van der Waals surface area contributed by atoms with Gasteiger partial charge in [0, 0.05) is 0 Å². The summed E-state index contributed by atoms with van der Waals surface area (Å²) in [5, 5.41) is 8.34. The summed E-state index contributed by atoms with van der Waals surface area (Å²) < 4.78 is 25.8.